The number of hydrogen-bond donors (Lipinski definition) is 1. The highest BCUT2D eigenvalue weighted by Gasteiger charge is 2.17. The lowest BCUT2D eigenvalue weighted by Crippen LogP contribution is -2.20. The van der Waals surface area contributed by atoms with Crippen LogP contribution >= 0.6 is 11.6 Å². The Balaban J connectivity index is 2.34. The monoisotopic (exact) mass is 307 g/mol. The van der Waals surface area contributed by atoms with Crippen molar-refractivity contribution in [2.75, 3.05) is 14.2 Å². The molecule has 0 spiro atoms. The summed E-state index contributed by atoms with van der Waals surface area (Å²) in [6.45, 7) is 1.98. The summed E-state index contributed by atoms with van der Waals surface area (Å²) in [5.74, 6) is -0.0369. The second-order valence-corrected chi connectivity index (χ2v) is 5.34. The predicted molar refractivity (Wildman–Crippen MR) is 84.6 cm³/mol. The Morgan fingerprint density at radius 2 is 1.95 bits per heavy atom. The fraction of sp³-hybridized carbons (Fsp3) is 0.294. The van der Waals surface area contributed by atoms with Gasteiger partial charge in [-0.05, 0) is 49.2 Å². The Hall–Kier alpha value is -1.58. The standard InChI is InChI=1S/C17H19ClFNO/c1-11-13(7-5-8-14(11)18)15(20-2)10-12-6-4-9-16(21-3)17(12)19/h4-9,15,20H,10H2,1-3H3. The summed E-state index contributed by atoms with van der Waals surface area (Å²) < 4.78 is 19.3. The second kappa shape index (κ2) is 6.92. The van der Waals surface area contributed by atoms with Gasteiger partial charge in [-0.2, -0.15) is 0 Å². The van der Waals surface area contributed by atoms with E-state index in [1.165, 1.54) is 7.11 Å². The highest BCUT2D eigenvalue weighted by atomic mass is 35.5. The first-order chi connectivity index (χ1) is 10.1. The van der Waals surface area contributed by atoms with Crippen LogP contribution < -0.4 is 10.1 Å². The van der Waals surface area contributed by atoms with Crippen LogP contribution in [0.1, 0.15) is 22.7 Å². The van der Waals surface area contributed by atoms with Crippen LogP contribution in [0.5, 0.6) is 5.75 Å². The van der Waals surface area contributed by atoms with E-state index in [9.17, 15) is 4.39 Å². The Morgan fingerprint density at radius 1 is 1.24 bits per heavy atom. The van der Waals surface area contributed by atoms with E-state index in [-0.39, 0.29) is 17.6 Å². The Kier molecular flexibility index (Phi) is 5.21. The number of halogens is 2. The molecule has 0 fully saturated rings. The minimum atomic E-state index is -0.306. The van der Waals surface area contributed by atoms with Crippen LogP contribution in [0.25, 0.3) is 0 Å². The zero-order valence-electron chi connectivity index (χ0n) is 12.4. The summed E-state index contributed by atoms with van der Waals surface area (Å²) >= 11 is 6.17. The van der Waals surface area contributed by atoms with Gasteiger partial charge in [0, 0.05) is 11.1 Å². The summed E-state index contributed by atoms with van der Waals surface area (Å²) in [7, 11) is 3.34. The molecule has 2 aromatic rings. The van der Waals surface area contributed by atoms with Gasteiger partial charge in [-0.15, -0.1) is 0 Å². The summed E-state index contributed by atoms with van der Waals surface area (Å²) in [4.78, 5) is 0. The summed E-state index contributed by atoms with van der Waals surface area (Å²) in [6, 6.07) is 11.0. The Bertz CT molecular complexity index is 630. The third kappa shape index (κ3) is 3.36. The molecule has 0 aliphatic rings. The van der Waals surface area contributed by atoms with Gasteiger partial charge in [0.25, 0.3) is 0 Å². The van der Waals surface area contributed by atoms with Crippen LogP contribution in [0, 0.1) is 12.7 Å². The van der Waals surface area contributed by atoms with Crippen LogP contribution in [-0.2, 0) is 6.42 Å². The highest BCUT2D eigenvalue weighted by molar-refractivity contribution is 6.31. The zero-order valence-corrected chi connectivity index (χ0v) is 13.2. The molecule has 0 saturated heterocycles. The Labute approximate surface area is 129 Å². The predicted octanol–water partition coefficient (Wildman–Crippen LogP) is 4.30. The van der Waals surface area contributed by atoms with Gasteiger partial charge < -0.3 is 10.1 Å². The van der Waals surface area contributed by atoms with Crippen molar-refractivity contribution in [3.63, 3.8) is 0 Å². The van der Waals surface area contributed by atoms with Crippen molar-refractivity contribution in [3.05, 3.63) is 63.9 Å². The number of likely N-dealkylation sites (N-methyl/N-ethyl adjacent to an activating group) is 1. The summed E-state index contributed by atoms with van der Waals surface area (Å²) in [5, 5.41) is 3.95. The van der Waals surface area contributed by atoms with E-state index >= 15 is 0 Å². The van der Waals surface area contributed by atoms with Gasteiger partial charge in [0.2, 0.25) is 0 Å². The molecule has 0 aliphatic heterocycles. The average molecular weight is 308 g/mol. The van der Waals surface area contributed by atoms with Gasteiger partial charge >= 0.3 is 0 Å². The van der Waals surface area contributed by atoms with Crippen molar-refractivity contribution in [1.29, 1.82) is 0 Å². The van der Waals surface area contributed by atoms with Crippen molar-refractivity contribution in [2.24, 2.45) is 0 Å². The first-order valence-corrected chi connectivity index (χ1v) is 7.20. The molecule has 1 unspecified atom stereocenters. The third-order valence-corrected chi connectivity index (χ3v) is 4.13. The van der Waals surface area contributed by atoms with E-state index in [0.29, 0.717) is 12.0 Å². The van der Waals surface area contributed by atoms with Crippen molar-refractivity contribution in [1.82, 2.24) is 5.32 Å². The SMILES string of the molecule is CNC(Cc1cccc(OC)c1F)c1cccc(Cl)c1C. The summed E-state index contributed by atoms with van der Waals surface area (Å²) in [6.07, 6.45) is 0.528. The topological polar surface area (TPSA) is 21.3 Å². The van der Waals surface area contributed by atoms with Crippen molar-refractivity contribution in [2.45, 2.75) is 19.4 Å². The van der Waals surface area contributed by atoms with E-state index < -0.39 is 0 Å². The minimum Gasteiger partial charge on any atom is -0.494 e. The fourth-order valence-electron chi connectivity index (χ4n) is 2.46. The smallest absolute Gasteiger partial charge is 0.168 e. The maximum atomic E-state index is 14.3. The number of methoxy groups -OCH3 is 1. The first kappa shape index (κ1) is 15.8. The van der Waals surface area contributed by atoms with Crippen LogP contribution in [-0.4, -0.2) is 14.2 Å². The minimum absolute atomic E-state index is 0.00898. The maximum Gasteiger partial charge on any atom is 0.168 e. The lowest BCUT2D eigenvalue weighted by atomic mass is 9.95. The number of benzene rings is 2. The van der Waals surface area contributed by atoms with Gasteiger partial charge in [0.1, 0.15) is 0 Å². The van der Waals surface area contributed by atoms with Crippen LogP contribution in [0.15, 0.2) is 36.4 Å². The molecule has 0 amide bonds. The number of hydrogen-bond acceptors (Lipinski definition) is 2. The molecular weight excluding hydrogens is 289 g/mol. The first-order valence-electron chi connectivity index (χ1n) is 6.82. The molecular formula is C17H19ClFNO. The van der Waals surface area contributed by atoms with Gasteiger partial charge in [-0.25, -0.2) is 4.39 Å². The lowest BCUT2D eigenvalue weighted by molar-refractivity contribution is 0.383. The summed E-state index contributed by atoms with van der Waals surface area (Å²) in [5.41, 5.74) is 2.71. The number of nitrogens with one attached hydrogen (secondary N) is 1. The highest BCUT2D eigenvalue weighted by Crippen LogP contribution is 2.29. The molecule has 112 valence electrons. The van der Waals surface area contributed by atoms with Gasteiger partial charge in [0.05, 0.1) is 7.11 Å². The van der Waals surface area contributed by atoms with Crippen molar-refractivity contribution >= 4 is 11.6 Å². The largest absolute Gasteiger partial charge is 0.494 e. The molecule has 4 heteroatoms. The fourth-order valence-corrected chi connectivity index (χ4v) is 2.64. The van der Waals surface area contributed by atoms with E-state index in [0.717, 1.165) is 16.1 Å². The van der Waals surface area contributed by atoms with E-state index in [1.54, 1.807) is 18.2 Å². The lowest BCUT2D eigenvalue weighted by Gasteiger charge is -2.20. The molecule has 2 rings (SSSR count). The van der Waals surface area contributed by atoms with E-state index in [4.69, 9.17) is 16.3 Å². The molecule has 21 heavy (non-hydrogen) atoms. The number of rotatable bonds is 5. The molecule has 0 heterocycles. The second-order valence-electron chi connectivity index (χ2n) is 4.93. The van der Waals surface area contributed by atoms with Crippen LogP contribution in [0.4, 0.5) is 4.39 Å². The van der Waals surface area contributed by atoms with Gasteiger partial charge in [-0.3, -0.25) is 0 Å². The van der Waals surface area contributed by atoms with Crippen LogP contribution in [0.2, 0.25) is 5.02 Å². The van der Waals surface area contributed by atoms with Crippen molar-refractivity contribution in [3.8, 4) is 5.75 Å². The molecule has 0 aromatic heterocycles. The molecule has 1 atom stereocenters. The van der Waals surface area contributed by atoms with Crippen LogP contribution in [0.3, 0.4) is 0 Å². The molecule has 2 aromatic carbocycles. The molecule has 2 nitrogen and oxygen atoms in total. The quantitative estimate of drug-likeness (QED) is 0.889. The van der Waals surface area contributed by atoms with Gasteiger partial charge in [-0.1, -0.05) is 35.9 Å². The van der Waals surface area contributed by atoms with Crippen molar-refractivity contribution < 1.29 is 9.13 Å². The average Bonchev–Trinajstić information content (AvgIpc) is 2.49. The van der Waals surface area contributed by atoms with E-state index in [1.807, 2.05) is 32.2 Å². The molecule has 0 radical (unpaired) electrons. The molecule has 0 bridgehead atoms. The normalized spacial score (nSPS) is 12.2. The molecule has 0 saturated carbocycles. The zero-order chi connectivity index (χ0) is 15.4. The Morgan fingerprint density at radius 3 is 2.62 bits per heavy atom. The maximum absolute atomic E-state index is 14.3. The third-order valence-electron chi connectivity index (χ3n) is 3.72. The number of ether oxygens (including phenoxy) is 1. The van der Waals surface area contributed by atoms with E-state index in [2.05, 4.69) is 5.32 Å². The molecule has 1 N–H and O–H groups in total. The molecule has 0 aliphatic carbocycles. The van der Waals surface area contributed by atoms with Gasteiger partial charge in [0.15, 0.2) is 11.6 Å².